The molecule has 1 aromatic carbocycles. The Morgan fingerprint density at radius 2 is 2.00 bits per heavy atom. The van der Waals surface area contributed by atoms with Crippen molar-refractivity contribution in [3.8, 4) is 16.9 Å². The van der Waals surface area contributed by atoms with Crippen LogP contribution in [0.1, 0.15) is 38.6 Å². The third kappa shape index (κ3) is 2.95. The van der Waals surface area contributed by atoms with Gasteiger partial charge in [-0.05, 0) is 44.0 Å². The second kappa shape index (κ2) is 6.88. The van der Waals surface area contributed by atoms with Gasteiger partial charge >= 0.3 is 0 Å². The van der Waals surface area contributed by atoms with Crippen LogP contribution < -0.4 is 5.43 Å². The maximum atomic E-state index is 13.0. The summed E-state index contributed by atoms with van der Waals surface area (Å²) in [4.78, 5) is 15.5. The van der Waals surface area contributed by atoms with Crippen molar-refractivity contribution < 1.29 is 4.79 Å². The zero-order valence-corrected chi connectivity index (χ0v) is 17.6. The van der Waals surface area contributed by atoms with E-state index < -0.39 is 0 Å². The van der Waals surface area contributed by atoms with E-state index in [-0.39, 0.29) is 5.91 Å². The number of carbonyl (C=O) groups excluding carboxylic acids is 1. The molecule has 1 aliphatic carbocycles. The molecule has 3 aromatic rings. The Balaban J connectivity index is 1.64. The molecule has 1 N–H and O–H groups in total. The highest BCUT2D eigenvalue weighted by molar-refractivity contribution is 7.12. The molecule has 0 saturated carbocycles. The number of hydrazine groups is 1. The molecule has 0 radical (unpaired) electrons. The standard InChI is InChI=1S/C20H18Cl2N4OS/c1-11-8-13-17(28-11)10-14-18(20(27)24-25-6-2-3-7-25)23-26(19(13)14)16-5-4-12(21)9-15(16)22/h4-5,8-9H,2-3,6-7,10H2,1H3,(H,24,27). The number of rotatable bonds is 3. The summed E-state index contributed by atoms with van der Waals surface area (Å²) in [6.45, 7) is 3.86. The van der Waals surface area contributed by atoms with Crippen molar-refractivity contribution in [1.82, 2.24) is 20.2 Å². The van der Waals surface area contributed by atoms with E-state index in [2.05, 4.69) is 18.4 Å². The predicted molar refractivity (Wildman–Crippen MR) is 113 cm³/mol. The van der Waals surface area contributed by atoms with Gasteiger partial charge in [-0.15, -0.1) is 11.3 Å². The van der Waals surface area contributed by atoms with Crippen molar-refractivity contribution in [2.75, 3.05) is 13.1 Å². The first-order chi connectivity index (χ1) is 13.5. The summed E-state index contributed by atoms with van der Waals surface area (Å²) in [5.41, 5.74) is 7.25. The number of amides is 1. The number of halogens is 2. The van der Waals surface area contributed by atoms with Gasteiger partial charge in [-0.2, -0.15) is 5.10 Å². The Kier molecular flexibility index (Phi) is 4.47. The van der Waals surface area contributed by atoms with Gasteiger partial charge in [0.15, 0.2) is 5.69 Å². The van der Waals surface area contributed by atoms with E-state index in [9.17, 15) is 4.79 Å². The van der Waals surface area contributed by atoms with Crippen LogP contribution >= 0.6 is 34.5 Å². The monoisotopic (exact) mass is 432 g/mol. The lowest BCUT2D eigenvalue weighted by molar-refractivity contribution is 0.0819. The van der Waals surface area contributed by atoms with E-state index in [1.165, 1.54) is 9.75 Å². The fourth-order valence-electron chi connectivity index (χ4n) is 3.98. The second-order valence-electron chi connectivity index (χ2n) is 7.19. The van der Waals surface area contributed by atoms with Gasteiger partial charge in [-0.3, -0.25) is 10.2 Å². The SMILES string of the molecule is Cc1cc2c(s1)Cc1c(C(=O)NN3CCCC3)nn(-c3ccc(Cl)cc3Cl)c1-2. The van der Waals surface area contributed by atoms with Crippen LogP contribution in [-0.4, -0.2) is 33.8 Å². The molecule has 2 aromatic heterocycles. The van der Waals surface area contributed by atoms with Crippen LogP contribution in [0.25, 0.3) is 16.9 Å². The van der Waals surface area contributed by atoms with E-state index in [0.29, 0.717) is 15.7 Å². The van der Waals surface area contributed by atoms with Crippen molar-refractivity contribution in [2.24, 2.45) is 0 Å². The highest BCUT2D eigenvalue weighted by Gasteiger charge is 2.33. The third-order valence-electron chi connectivity index (χ3n) is 5.23. The van der Waals surface area contributed by atoms with E-state index in [1.54, 1.807) is 28.2 Å². The van der Waals surface area contributed by atoms with Gasteiger partial charge < -0.3 is 0 Å². The molecule has 0 spiro atoms. The van der Waals surface area contributed by atoms with Crippen molar-refractivity contribution in [3.05, 3.63) is 55.3 Å². The molecule has 0 atom stereocenters. The number of thiophene rings is 1. The maximum absolute atomic E-state index is 13.0. The number of aryl methyl sites for hydroxylation is 1. The lowest BCUT2D eigenvalue weighted by atomic mass is 10.1. The molecule has 5 nitrogen and oxygen atoms in total. The Hall–Kier alpha value is -1.86. The predicted octanol–water partition coefficient (Wildman–Crippen LogP) is 4.86. The summed E-state index contributed by atoms with van der Waals surface area (Å²) in [6, 6.07) is 7.49. The molecule has 1 aliphatic heterocycles. The average Bonchev–Trinajstić information content (AvgIpc) is 3.38. The average molecular weight is 433 g/mol. The minimum atomic E-state index is -0.158. The molecule has 0 unspecified atom stereocenters. The molecule has 0 bridgehead atoms. The molecule has 144 valence electrons. The summed E-state index contributed by atoms with van der Waals surface area (Å²) < 4.78 is 1.80. The molecule has 28 heavy (non-hydrogen) atoms. The van der Waals surface area contributed by atoms with Gasteiger partial charge in [0.25, 0.3) is 5.91 Å². The van der Waals surface area contributed by atoms with Gasteiger partial charge in [-0.25, -0.2) is 9.69 Å². The molecule has 3 heterocycles. The number of carbonyl (C=O) groups is 1. The molecule has 5 rings (SSSR count). The van der Waals surface area contributed by atoms with Gasteiger partial charge in [0.1, 0.15) is 0 Å². The minimum absolute atomic E-state index is 0.158. The zero-order valence-electron chi connectivity index (χ0n) is 15.3. The fourth-order valence-corrected chi connectivity index (χ4v) is 5.52. The summed E-state index contributed by atoms with van der Waals surface area (Å²) in [5, 5.41) is 7.74. The van der Waals surface area contributed by atoms with Crippen LogP contribution in [0.5, 0.6) is 0 Å². The van der Waals surface area contributed by atoms with Gasteiger partial charge in [0.2, 0.25) is 0 Å². The normalized spacial score (nSPS) is 15.7. The van der Waals surface area contributed by atoms with Crippen molar-refractivity contribution >= 4 is 40.4 Å². The smallest absolute Gasteiger partial charge is 0.283 e. The van der Waals surface area contributed by atoms with E-state index in [0.717, 1.165) is 54.9 Å². The van der Waals surface area contributed by atoms with E-state index in [4.69, 9.17) is 28.3 Å². The van der Waals surface area contributed by atoms with Crippen LogP contribution in [0.2, 0.25) is 10.0 Å². The number of hydrogen-bond donors (Lipinski definition) is 1. The third-order valence-corrected chi connectivity index (χ3v) is 6.82. The summed E-state index contributed by atoms with van der Waals surface area (Å²) in [5.74, 6) is -0.158. The van der Waals surface area contributed by atoms with Crippen LogP contribution in [0, 0.1) is 6.92 Å². The number of nitrogens with one attached hydrogen (secondary N) is 1. The number of benzene rings is 1. The Bertz CT molecular complexity index is 1100. The maximum Gasteiger partial charge on any atom is 0.286 e. The minimum Gasteiger partial charge on any atom is -0.283 e. The van der Waals surface area contributed by atoms with Gasteiger partial charge in [0.05, 0.1) is 16.4 Å². The summed E-state index contributed by atoms with van der Waals surface area (Å²) in [7, 11) is 0. The molecule has 8 heteroatoms. The first-order valence-corrected chi connectivity index (χ1v) is 10.8. The number of fused-ring (bicyclic) bond motifs is 3. The molecule has 1 fully saturated rings. The van der Waals surface area contributed by atoms with Crippen LogP contribution in [0.15, 0.2) is 24.3 Å². The van der Waals surface area contributed by atoms with Gasteiger partial charge in [0, 0.05) is 45.4 Å². The van der Waals surface area contributed by atoms with Crippen LogP contribution in [-0.2, 0) is 6.42 Å². The Labute approximate surface area is 176 Å². The molecular weight excluding hydrogens is 415 g/mol. The first-order valence-electron chi connectivity index (χ1n) is 9.24. The Morgan fingerprint density at radius 3 is 2.75 bits per heavy atom. The summed E-state index contributed by atoms with van der Waals surface area (Å²) in [6.07, 6.45) is 2.92. The lowest BCUT2D eigenvalue weighted by Gasteiger charge is -2.15. The van der Waals surface area contributed by atoms with Crippen molar-refractivity contribution in [3.63, 3.8) is 0 Å². The largest absolute Gasteiger partial charge is 0.286 e. The highest BCUT2D eigenvalue weighted by atomic mass is 35.5. The highest BCUT2D eigenvalue weighted by Crippen LogP contribution is 2.44. The van der Waals surface area contributed by atoms with Crippen molar-refractivity contribution in [1.29, 1.82) is 0 Å². The number of nitrogens with zero attached hydrogens (tertiary/aromatic N) is 3. The zero-order chi connectivity index (χ0) is 19.4. The molecule has 1 saturated heterocycles. The second-order valence-corrected chi connectivity index (χ2v) is 9.37. The summed E-state index contributed by atoms with van der Waals surface area (Å²) >= 11 is 14.3. The van der Waals surface area contributed by atoms with E-state index >= 15 is 0 Å². The van der Waals surface area contributed by atoms with E-state index in [1.807, 2.05) is 11.1 Å². The molecule has 2 aliphatic rings. The van der Waals surface area contributed by atoms with Crippen molar-refractivity contribution in [2.45, 2.75) is 26.2 Å². The topological polar surface area (TPSA) is 50.2 Å². The van der Waals surface area contributed by atoms with Crippen LogP contribution in [0.3, 0.4) is 0 Å². The fraction of sp³-hybridized carbons (Fsp3) is 0.300. The number of hydrogen-bond acceptors (Lipinski definition) is 4. The van der Waals surface area contributed by atoms with Gasteiger partial charge in [-0.1, -0.05) is 23.2 Å². The molecular formula is C20H18Cl2N4OS. The quantitative estimate of drug-likeness (QED) is 0.502. The Morgan fingerprint density at radius 1 is 1.21 bits per heavy atom. The molecule has 1 amide bonds. The lowest BCUT2D eigenvalue weighted by Crippen LogP contribution is -2.40. The van der Waals surface area contributed by atoms with Crippen LogP contribution in [0.4, 0.5) is 0 Å². The number of aromatic nitrogens is 2. The first kappa shape index (κ1) is 18.2.